The molecule has 1 rings (SSSR count). The molecule has 1 fully saturated rings. The van der Waals surface area contributed by atoms with Crippen LogP contribution in [0.1, 0.15) is 59.8 Å². The number of hydrogen-bond donors (Lipinski definition) is 2. The van der Waals surface area contributed by atoms with Crippen molar-refractivity contribution < 1.29 is 14.8 Å². The van der Waals surface area contributed by atoms with Crippen molar-refractivity contribution in [3.63, 3.8) is 0 Å². The second-order valence-corrected chi connectivity index (χ2v) is 5.98. The molecule has 16 heavy (non-hydrogen) atoms. The molecule has 0 aliphatic heterocycles. The maximum Gasteiger partial charge on any atom is 0.457 e. The quantitative estimate of drug-likeness (QED) is 0.726. The molecule has 94 valence electrons. The Balaban J connectivity index is 2.52. The summed E-state index contributed by atoms with van der Waals surface area (Å²) in [7, 11) is -0.748. The van der Waals surface area contributed by atoms with Gasteiger partial charge in [0.2, 0.25) is 0 Å². The first kappa shape index (κ1) is 14.0. The predicted molar refractivity (Wildman–Crippen MR) is 66.3 cm³/mol. The molecule has 2 N–H and O–H groups in total. The molecule has 0 amide bonds. The summed E-state index contributed by atoms with van der Waals surface area (Å²) in [6.07, 6.45) is 5.67. The van der Waals surface area contributed by atoms with Crippen molar-refractivity contribution in [1.82, 2.24) is 0 Å². The lowest BCUT2D eigenvalue weighted by molar-refractivity contribution is -0.101. The van der Waals surface area contributed by atoms with Crippen LogP contribution in [0, 0.1) is 0 Å². The summed E-state index contributed by atoms with van der Waals surface area (Å²) < 4.78 is 5.65. The van der Waals surface area contributed by atoms with Crippen molar-refractivity contribution in [2.75, 3.05) is 0 Å². The molecule has 0 bridgehead atoms. The van der Waals surface area contributed by atoms with Gasteiger partial charge < -0.3 is 14.8 Å². The van der Waals surface area contributed by atoms with E-state index < -0.39 is 18.3 Å². The molecular formula is C12H25BO3. The summed E-state index contributed by atoms with van der Waals surface area (Å²) in [5.74, 6) is 0.232. The van der Waals surface area contributed by atoms with Crippen LogP contribution < -0.4 is 0 Å². The highest BCUT2D eigenvalue weighted by molar-refractivity contribution is 6.45. The third-order valence-electron chi connectivity index (χ3n) is 3.94. The standard InChI is InChI=1S/C12H25BO3/c1-11(2,14)12(3,4)16-13(15)10-8-6-5-7-9-10/h10,14-15H,5-9H2,1-4H3. The molecule has 0 aromatic rings. The van der Waals surface area contributed by atoms with Crippen LogP contribution in [-0.2, 0) is 4.65 Å². The molecule has 1 saturated carbocycles. The normalized spacial score (nSPS) is 19.9. The van der Waals surface area contributed by atoms with Crippen LogP contribution >= 0.6 is 0 Å². The molecule has 0 heterocycles. The van der Waals surface area contributed by atoms with Crippen molar-refractivity contribution in [1.29, 1.82) is 0 Å². The van der Waals surface area contributed by atoms with E-state index in [2.05, 4.69) is 0 Å². The third-order valence-corrected chi connectivity index (χ3v) is 3.94. The van der Waals surface area contributed by atoms with Crippen LogP contribution in [0.2, 0.25) is 5.82 Å². The first-order valence-electron chi connectivity index (χ1n) is 6.32. The van der Waals surface area contributed by atoms with Gasteiger partial charge >= 0.3 is 7.12 Å². The van der Waals surface area contributed by atoms with Crippen molar-refractivity contribution in [3.05, 3.63) is 0 Å². The van der Waals surface area contributed by atoms with Crippen LogP contribution in [0.5, 0.6) is 0 Å². The summed E-state index contributed by atoms with van der Waals surface area (Å²) >= 11 is 0. The summed E-state index contributed by atoms with van der Waals surface area (Å²) in [6.45, 7) is 7.05. The van der Waals surface area contributed by atoms with Gasteiger partial charge in [-0.15, -0.1) is 0 Å². The third kappa shape index (κ3) is 3.47. The Hall–Kier alpha value is -0.0551. The van der Waals surface area contributed by atoms with E-state index in [0.717, 1.165) is 12.8 Å². The van der Waals surface area contributed by atoms with Gasteiger partial charge in [0, 0.05) is 0 Å². The molecule has 1 aliphatic rings. The maximum atomic E-state index is 10.0. The Bertz CT molecular complexity index is 217. The van der Waals surface area contributed by atoms with Crippen molar-refractivity contribution in [3.8, 4) is 0 Å². The molecule has 3 nitrogen and oxygen atoms in total. The van der Waals surface area contributed by atoms with E-state index in [1.165, 1.54) is 19.3 Å². The maximum absolute atomic E-state index is 10.0. The van der Waals surface area contributed by atoms with E-state index in [0.29, 0.717) is 0 Å². The van der Waals surface area contributed by atoms with Gasteiger partial charge in [-0.25, -0.2) is 0 Å². The average Bonchev–Trinajstić information content (AvgIpc) is 2.16. The van der Waals surface area contributed by atoms with E-state index in [9.17, 15) is 10.1 Å². The van der Waals surface area contributed by atoms with E-state index in [-0.39, 0.29) is 5.82 Å². The van der Waals surface area contributed by atoms with Gasteiger partial charge in [0.1, 0.15) is 0 Å². The van der Waals surface area contributed by atoms with Gasteiger partial charge in [0.05, 0.1) is 11.2 Å². The lowest BCUT2D eigenvalue weighted by Gasteiger charge is -2.40. The summed E-state index contributed by atoms with van der Waals surface area (Å²) in [4.78, 5) is 0. The highest BCUT2D eigenvalue weighted by Crippen LogP contribution is 2.34. The van der Waals surface area contributed by atoms with E-state index in [1.807, 2.05) is 13.8 Å². The molecule has 0 aromatic carbocycles. The molecule has 0 spiro atoms. The van der Waals surface area contributed by atoms with E-state index in [1.54, 1.807) is 13.8 Å². The lowest BCUT2D eigenvalue weighted by atomic mass is 9.64. The Labute approximate surface area is 99.3 Å². The summed E-state index contributed by atoms with van der Waals surface area (Å²) in [5.41, 5.74) is -1.69. The number of hydrogen-bond acceptors (Lipinski definition) is 3. The highest BCUT2D eigenvalue weighted by Gasteiger charge is 2.41. The second kappa shape index (κ2) is 5.07. The molecule has 0 radical (unpaired) electrons. The van der Waals surface area contributed by atoms with Crippen LogP contribution in [0.3, 0.4) is 0 Å². The zero-order chi connectivity index (χ0) is 12.4. The first-order valence-corrected chi connectivity index (χ1v) is 6.32. The van der Waals surface area contributed by atoms with Gasteiger partial charge in [-0.3, -0.25) is 0 Å². The second-order valence-electron chi connectivity index (χ2n) is 5.98. The molecular weight excluding hydrogens is 203 g/mol. The van der Waals surface area contributed by atoms with Gasteiger partial charge in [-0.2, -0.15) is 0 Å². The largest absolute Gasteiger partial charge is 0.457 e. The smallest absolute Gasteiger partial charge is 0.427 e. The van der Waals surface area contributed by atoms with Gasteiger partial charge in [-0.1, -0.05) is 32.1 Å². The van der Waals surface area contributed by atoms with E-state index >= 15 is 0 Å². The predicted octanol–water partition coefficient (Wildman–Crippen LogP) is 2.37. The van der Waals surface area contributed by atoms with Gasteiger partial charge in [-0.05, 0) is 33.5 Å². The monoisotopic (exact) mass is 228 g/mol. The fourth-order valence-electron chi connectivity index (χ4n) is 1.96. The van der Waals surface area contributed by atoms with Crippen molar-refractivity contribution in [2.24, 2.45) is 0 Å². The lowest BCUT2D eigenvalue weighted by Crippen LogP contribution is -2.51. The molecule has 0 unspecified atom stereocenters. The summed E-state index contributed by atoms with van der Waals surface area (Å²) in [6, 6.07) is 0. The van der Waals surface area contributed by atoms with Gasteiger partial charge in [0.15, 0.2) is 0 Å². The minimum atomic E-state index is -0.956. The fourth-order valence-corrected chi connectivity index (χ4v) is 1.96. The minimum Gasteiger partial charge on any atom is -0.427 e. The Morgan fingerprint density at radius 3 is 2.00 bits per heavy atom. The number of aliphatic hydroxyl groups is 1. The van der Waals surface area contributed by atoms with Crippen LogP contribution in [0.4, 0.5) is 0 Å². The van der Waals surface area contributed by atoms with Crippen LogP contribution in [0.25, 0.3) is 0 Å². The van der Waals surface area contributed by atoms with Crippen molar-refractivity contribution >= 4 is 7.12 Å². The van der Waals surface area contributed by atoms with E-state index in [4.69, 9.17) is 4.65 Å². The van der Waals surface area contributed by atoms with Gasteiger partial charge in [0.25, 0.3) is 0 Å². The van der Waals surface area contributed by atoms with Crippen LogP contribution in [-0.4, -0.2) is 28.5 Å². The summed E-state index contributed by atoms with van der Waals surface area (Å²) in [5, 5.41) is 20.0. The molecule has 0 saturated heterocycles. The highest BCUT2D eigenvalue weighted by atomic mass is 16.5. The minimum absolute atomic E-state index is 0.232. The molecule has 1 aliphatic carbocycles. The zero-order valence-corrected chi connectivity index (χ0v) is 11.0. The Morgan fingerprint density at radius 1 is 1.06 bits per heavy atom. The SMILES string of the molecule is CC(C)(O)C(C)(C)OB(O)C1CCCCC1. The molecule has 0 atom stereocenters. The molecule has 4 heteroatoms. The number of rotatable bonds is 4. The average molecular weight is 228 g/mol. The Morgan fingerprint density at radius 2 is 1.56 bits per heavy atom. The van der Waals surface area contributed by atoms with Crippen molar-refractivity contribution in [2.45, 2.75) is 76.8 Å². The first-order chi connectivity index (χ1) is 7.24. The Kier molecular flexibility index (Phi) is 4.44. The zero-order valence-electron chi connectivity index (χ0n) is 11.0. The van der Waals surface area contributed by atoms with Crippen LogP contribution in [0.15, 0.2) is 0 Å². The fraction of sp³-hybridized carbons (Fsp3) is 1.00. The topological polar surface area (TPSA) is 49.7 Å². The molecule has 0 aromatic heterocycles.